The second-order valence-electron chi connectivity index (χ2n) is 30.7. The van der Waals surface area contributed by atoms with Crippen molar-refractivity contribution in [3.05, 3.63) is 12.2 Å². The van der Waals surface area contributed by atoms with Crippen LogP contribution in [0.1, 0.15) is 163 Å². The van der Waals surface area contributed by atoms with Gasteiger partial charge in [0.15, 0.2) is 0 Å². The molecule has 3 heterocycles. The Hall–Kier alpha value is -7.22. The number of hydrogen-bond acceptors (Lipinski definition) is 13. The Morgan fingerprint density at radius 3 is 1.84 bits per heavy atom. The predicted molar refractivity (Wildman–Crippen MR) is 367 cm³/mol. The van der Waals surface area contributed by atoms with Gasteiger partial charge < -0.3 is 64.8 Å². The molecule has 7 rings (SSSR count). The molecule has 0 aromatic rings. The van der Waals surface area contributed by atoms with Crippen molar-refractivity contribution in [2.45, 2.75) is 247 Å². The fourth-order valence-electron chi connectivity index (χ4n) is 16.4. The van der Waals surface area contributed by atoms with Crippen LogP contribution in [0.5, 0.6) is 0 Å². The summed E-state index contributed by atoms with van der Waals surface area (Å²) in [4.78, 5) is 189. The maximum Gasteiger partial charge on any atom is 0.397 e. The average molecular weight is 1500 g/mol. The van der Waals surface area contributed by atoms with Gasteiger partial charge in [0.05, 0.1) is 31.5 Å². The van der Waals surface area contributed by atoms with E-state index in [0.717, 1.165) is 29.4 Å². The van der Waals surface area contributed by atoms with Gasteiger partial charge in [-0.3, -0.25) is 57.5 Å². The first-order chi connectivity index (χ1) is 49.2. The van der Waals surface area contributed by atoms with E-state index >= 15 is 37.5 Å². The van der Waals surface area contributed by atoms with Gasteiger partial charge in [0.25, 0.3) is 0 Å². The summed E-state index contributed by atoms with van der Waals surface area (Å²) in [5.74, 6) is -16.9. The number of hydrogen-bond donors (Lipinski definition) is 3. The molecule has 0 aromatic carbocycles. The van der Waals surface area contributed by atoms with E-state index in [-0.39, 0.29) is 90.3 Å². The number of amides is 12. The normalized spacial score (nSPS) is 32.5. The fraction of sp³-hybridized carbons (Fsp3) is 0.806. The summed E-state index contributed by atoms with van der Waals surface area (Å²) in [6.07, 6.45) is -13.3. The smallest absolute Gasteiger partial charge is 0.377 e. The summed E-state index contributed by atoms with van der Waals surface area (Å²) in [7, 11) is 10.7. The highest BCUT2D eigenvalue weighted by molar-refractivity contribution is 6.01. The average Bonchev–Trinajstić information content (AvgIpc) is 1.75. The van der Waals surface area contributed by atoms with Crippen LogP contribution < -0.4 is 16.0 Å². The van der Waals surface area contributed by atoms with Crippen LogP contribution in [-0.2, 0) is 62.3 Å². The Bertz CT molecular complexity index is 3150. The summed E-state index contributed by atoms with van der Waals surface area (Å²) in [6.45, 7) is 4.60. The second-order valence-corrected chi connectivity index (χ2v) is 30.7. The highest BCUT2D eigenvalue weighted by Gasteiger charge is 2.56. The lowest BCUT2D eigenvalue weighted by molar-refractivity contribution is -0.219. The highest BCUT2D eigenvalue weighted by Crippen LogP contribution is 2.46. The Balaban J connectivity index is 1.31. The standard InChI is InChI=1S/C72H110F8N12O13/c1-13-41(3)59-67(102)86(8)40-57(95)88(10)51-23-16-15-19-32-91(66(51)101)54(35-43-24-27-46(28-25-43)71(75,76)77)65(100)85(7)39-55(93)81-50(29-26-44-33-48(73)58(49(74)34-44)72(78,79)80)63(98)92-38-47(105-14-2)36-52(92)62(97)83-70(30-20-31-70)69(104)90(12)60(45-21-17-18-22-45)68(103)89(11)53(64(99)84(5)6)37-56(94)87(9)42(4)61(96)82-59/h15-16,41-54,58-60H,13-14,17-40H2,1-12H3,(H,81,93)(H,82,96)(H,83,97)/b16-15-/t41-,42-,43?,44?,46?,47+,48?,49?,50-,51-,52-,53-,54-,58?,59-,60-/m0/s1. The molecule has 6 fully saturated rings. The Labute approximate surface area is 610 Å². The molecule has 2 bridgehead atoms. The molecule has 0 radical (unpaired) electrons. The zero-order valence-electron chi connectivity index (χ0n) is 62.7. The highest BCUT2D eigenvalue weighted by atomic mass is 19.4. The quantitative estimate of drug-likeness (QED) is 0.175. The van der Waals surface area contributed by atoms with Crippen LogP contribution in [0.15, 0.2) is 12.2 Å². The van der Waals surface area contributed by atoms with Crippen molar-refractivity contribution < 1.29 is 97.4 Å². The number of ether oxygens (including phenoxy) is 1. The zero-order chi connectivity index (χ0) is 78.1. The lowest BCUT2D eigenvalue weighted by Crippen LogP contribution is -2.68. The molecule has 3 N–H and O–H groups in total. The number of likely N-dealkylation sites (N-methyl/N-ethyl adjacent to an activating group) is 7. The molecular weight excluding hydrogens is 1390 g/mol. The molecule has 4 saturated carbocycles. The molecule has 105 heavy (non-hydrogen) atoms. The lowest BCUT2D eigenvalue weighted by Gasteiger charge is -2.46. The third-order valence-electron chi connectivity index (χ3n) is 23.4. The molecule has 4 aliphatic carbocycles. The largest absolute Gasteiger partial charge is 0.397 e. The first kappa shape index (κ1) is 85.0. The third kappa shape index (κ3) is 20.3. The van der Waals surface area contributed by atoms with E-state index in [2.05, 4.69) is 16.0 Å². The molecule has 592 valence electrons. The molecule has 3 aliphatic heterocycles. The summed E-state index contributed by atoms with van der Waals surface area (Å²) < 4.78 is 121. The Morgan fingerprint density at radius 2 is 1.28 bits per heavy atom. The molecule has 12 atom stereocenters. The van der Waals surface area contributed by atoms with Crippen molar-refractivity contribution in [1.29, 1.82) is 0 Å². The van der Waals surface area contributed by atoms with Gasteiger partial charge in [-0.05, 0) is 140 Å². The minimum absolute atomic E-state index is 0.00455. The maximum atomic E-state index is 15.5. The molecule has 33 heteroatoms. The fourth-order valence-corrected chi connectivity index (χ4v) is 16.4. The minimum Gasteiger partial charge on any atom is -0.377 e. The van der Waals surface area contributed by atoms with Crippen LogP contribution in [0.3, 0.4) is 0 Å². The zero-order valence-corrected chi connectivity index (χ0v) is 62.7. The first-order valence-corrected chi connectivity index (χ1v) is 37.1. The van der Waals surface area contributed by atoms with Gasteiger partial charge in [-0.15, -0.1) is 0 Å². The molecule has 7 aliphatic rings. The van der Waals surface area contributed by atoms with Gasteiger partial charge in [0, 0.05) is 82.5 Å². The lowest BCUT2D eigenvalue weighted by atomic mass is 9.74. The monoisotopic (exact) mass is 1500 g/mol. The molecule has 1 spiro atoms. The molecule has 25 nitrogen and oxygen atoms in total. The van der Waals surface area contributed by atoms with E-state index in [9.17, 15) is 55.1 Å². The van der Waals surface area contributed by atoms with Crippen molar-refractivity contribution in [2.75, 3.05) is 89.2 Å². The minimum atomic E-state index is -5.22. The van der Waals surface area contributed by atoms with Crippen molar-refractivity contribution in [2.24, 2.45) is 35.5 Å². The van der Waals surface area contributed by atoms with Gasteiger partial charge in [-0.1, -0.05) is 45.3 Å². The first-order valence-electron chi connectivity index (χ1n) is 37.1. The summed E-state index contributed by atoms with van der Waals surface area (Å²) in [5, 5.41) is 8.28. The summed E-state index contributed by atoms with van der Waals surface area (Å²) in [5.41, 5.74) is -1.69. The van der Waals surface area contributed by atoms with E-state index in [1.54, 1.807) is 32.9 Å². The van der Waals surface area contributed by atoms with Gasteiger partial charge in [0.1, 0.15) is 72.1 Å². The molecule has 12 amide bonds. The van der Waals surface area contributed by atoms with E-state index in [0.29, 0.717) is 38.5 Å². The SMILES string of the molecule is CCO[C@@H]1C[C@H]2C(=O)NC3(CCC3)C(=O)N(C)[C@@H](C3CCCC3)C(=O)N(C)[C@H](C(=O)N(C)C)CC(=O)N(C)[C@@H](C)C(=O)N[C@@H]([C@@H](C)CC)C(=O)N(C)CC(=O)N(C)[C@H]3C/C=C\CCN(C3=O)[C@@H](CC3CCC(C(F)(F)F)CC3)C(=O)N(C)CC(=O)N[C@@H](CCC3CC(F)C(C(F)(F)F)C(F)C3)C(=O)N2C1. The Morgan fingerprint density at radius 1 is 0.657 bits per heavy atom. The van der Waals surface area contributed by atoms with Crippen LogP contribution in [0.4, 0.5) is 35.1 Å². The number of rotatable bonds is 11. The van der Waals surface area contributed by atoms with Gasteiger partial charge in [-0.25, -0.2) is 8.78 Å². The number of nitrogens with zero attached hydrogens (tertiary/aromatic N) is 9. The van der Waals surface area contributed by atoms with Gasteiger partial charge in [-0.2, -0.15) is 26.3 Å². The Kier molecular flexibility index (Phi) is 29.3. The molecule has 2 saturated heterocycles. The number of carbonyl (C=O) groups excluding carboxylic acids is 12. The second kappa shape index (κ2) is 36.1. The predicted octanol–water partition coefficient (Wildman–Crippen LogP) is 5.32. The van der Waals surface area contributed by atoms with Crippen LogP contribution in [0, 0.1) is 35.5 Å². The molecule has 2 unspecified atom stereocenters. The maximum absolute atomic E-state index is 15.5. The number of alkyl halides is 8. The van der Waals surface area contributed by atoms with Crippen molar-refractivity contribution in [3.8, 4) is 0 Å². The van der Waals surface area contributed by atoms with Crippen LogP contribution in [-0.4, -0.2) is 289 Å². The van der Waals surface area contributed by atoms with Gasteiger partial charge >= 0.3 is 12.4 Å². The van der Waals surface area contributed by atoms with Crippen LogP contribution in [0.25, 0.3) is 0 Å². The van der Waals surface area contributed by atoms with E-state index in [4.69, 9.17) is 4.74 Å². The van der Waals surface area contributed by atoms with Crippen molar-refractivity contribution in [3.63, 3.8) is 0 Å². The molecular formula is C72H110F8N12O13. The number of fused-ring (bicyclic) bond motifs is 3. The summed E-state index contributed by atoms with van der Waals surface area (Å²) >= 11 is 0. The van der Waals surface area contributed by atoms with Crippen molar-refractivity contribution in [1.82, 2.24) is 60.0 Å². The topological polar surface area (TPSA) is 279 Å². The van der Waals surface area contributed by atoms with E-state index < -0.39 is 230 Å². The van der Waals surface area contributed by atoms with Crippen molar-refractivity contribution >= 4 is 70.9 Å². The van der Waals surface area contributed by atoms with E-state index in [1.807, 2.05) is 0 Å². The number of nitrogens with one attached hydrogen (secondary N) is 3. The number of halogens is 8. The molecule has 0 aromatic heterocycles. The third-order valence-corrected chi connectivity index (χ3v) is 23.4. The van der Waals surface area contributed by atoms with Crippen LogP contribution >= 0.6 is 0 Å². The van der Waals surface area contributed by atoms with E-state index in [1.165, 1.54) is 78.0 Å². The number of carbonyl (C=O) groups is 12. The van der Waals surface area contributed by atoms with Crippen LogP contribution in [0.2, 0.25) is 0 Å². The van der Waals surface area contributed by atoms with Gasteiger partial charge in [0.2, 0.25) is 70.9 Å². The summed E-state index contributed by atoms with van der Waals surface area (Å²) in [6, 6.07) is -11.4.